The lowest BCUT2D eigenvalue weighted by molar-refractivity contribution is -0.142. The molecule has 1 N–H and O–H groups in total. The van der Waals surface area contributed by atoms with Gasteiger partial charge in [0.1, 0.15) is 0 Å². The Balaban J connectivity index is 1.98. The average molecular weight is 333 g/mol. The molecule has 0 spiro atoms. The molecule has 0 aliphatic carbocycles. The van der Waals surface area contributed by atoms with Gasteiger partial charge in [0.25, 0.3) is 0 Å². The summed E-state index contributed by atoms with van der Waals surface area (Å²) in [7, 11) is -3.47. The SMILES string of the molecule is CCOC(=O)Cc1ccc(NS(=O)(=O)Cc2ccccc2)cc1. The van der Waals surface area contributed by atoms with E-state index in [9.17, 15) is 13.2 Å². The fourth-order valence-electron chi connectivity index (χ4n) is 2.08. The number of esters is 1. The standard InChI is InChI=1S/C17H19NO4S/c1-2-22-17(19)12-14-8-10-16(11-9-14)18-23(20,21)13-15-6-4-3-5-7-15/h3-11,18H,2,12-13H2,1H3. The summed E-state index contributed by atoms with van der Waals surface area (Å²) < 4.78 is 31.7. The van der Waals surface area contributed by atoms with Crippen LogP contribution in [0.2, 0.25) is 0 Å². The molecule has 0 amide bonds. The minimum atomic E-state index is -3.47. The first kappa shape index (κ1) is 17.0. The van der Waals surface area contributed by atoms with Crippen LogP contribution in [0, 0.1) is 0 Å². The summed E-state index contributed by atoms with van der Waals surface area (Å²) in [6, 6.07) is 15.7. The quantitative estimate of drug-likeness (QED) is 0.791. The van der Waals surface area contributed by atoms with Gasteiger partial charge in [-0.3, -0.25) is 9.52 Å². The molecule has 2 aromatic rings. The van der Waals surface area contributed by atoms with Gasteiger partial charge in [-0.2, -0.15) is 0 Å². The molecule has 23 heavy (non-hydrogen) atoms. The molecule has 0 saturated carbocycles. The van der Waals surface area contributed by atoms with Crippen molar-refractivity contribution in [2.24, 2.45) is 0 Å². The van der Waals surface area contributed by atoms with E-state index in [0.717, 1.165) is 11.1 Å². The molecule has 0 fully saturated rings. The third-order valence-electron chi connectivity index (χ3n) is 3.08. The van der Waals surface area contributed by atoms with Gasteiger partial charge in [-0.05, 0) is 30.2 Å². The van der Waals surface area contributed by atoms with E-state index in [-0.39, 0.29) is 18.1 Å². The molecule has 2 rings (SSSR count). The number of sulfonamides is 1. The highest BCUT2D eigenvalue weighted by atomic mass is 32.2. The van der Waals surface area contributed by atoms with Crippen molar-refractivity contribution in [1.82, 2.24) is 0 Å². The Bertz CT molecular complexity index is 740. The monoisotopic (exact) mass is 333 g/mol. The molecular weight excluding hydrogens is 314 g/mol. The van der Waals surface area contributed by atoms with E-state index in [1.165, 1.54) is 0 Å². The first-order valence-corrected chi connectivity index (χ1v) is 8.93. The summed E-state index contributed by atoms with van der Waals surface area (Å²) in [5.74, 6) is -0.386. The van der Waals surface area contributed by atoms with Crippen molar-refractivity contribution in [3.05, 3.63) is 65.7 Å². The lowest BCUT2D eigenvalue weighted by atomic mass is 10.1. The van der Waals surface area contributed by atoms with Crippen molar-refractivity contribution in [2.45, 2.75) is 19.1 Å². The van der Waals surface area contributed by atoms with Gasteiger partial charge in [-0.25, -0.2) is 8.42 Å². The predicted molar refractivity (Wildman–Crippen MR) is 89.5 cm³/mol. The highest BCUT2D eigenvalue weighted by Gasteiger charge is 2.12. The minimum absolute atomic E-state index is 0.0849. The molecule has 0 radical (unpaired) electrons. The van der Waals surface area contributed by atoms with E-state index in [1.807, 2.05) is 6.07 Å². The second kappa shape index (κ2) is 7.78. The molecule has 0 aliphatic heterocycles. The van der Waals surface area contributed by atoms with Gasteiger partial charge < -0.3 is 4.74 Å². The van der Waals surface area contributed by atoms with Crippen LogP contribution in [0.3, 0.4) is 0 Å². The smallest absolute Gasteiger partial charge is 0.310 e. The third-order valence-corrected chi connectivity index (χ3v) is 4.34. The van der Waals surface area contributed by atoms with Crippen LogP contribution >= 0.6 is 0 Å². The summed E-state index contributed by atoms with van der Waals surface area (Å²) >= 11 is 0. The molecule has 0 aliphatic rings. The van der Waals surface area contributed by atoms with Crippen molar-refractivity contribution >= 4 is 21.7 Å². The molecule has 122 valence electrons. The van der Waals surface area contributed by atoms with Crippen molar-refractivity contribution < 1.29 is 17.9 Å². The van der Waals surface area contributed by atoms with Crippen LogP contribution in [0.1, 0.15) is 18.1 Å². The Morgan fingerprint density at radius 1 is 1.00 bits per heavy atom. The lowest BCUT2D eigenvalue weighted by Gasteiger charge is -2.09. The third kappa shape index (κ3) is 5.75. The lowest BCUT2D eigenvalue weighted by Crippen LogP contribution is -2.15. The van der Waals surface area contributed by atoms with Gasteiger partial charge in [-0.1, -0.05) is 42.5 Å². The Labute approximate surface area is 136 Å². The number of hydrogen-bond acceptors (Lipinski definition) is 4. The normalized spacial score (nSPS) is 11.0. The molecule has 5 nitrogen and oxygen atoms in total. The Hall–Kier alpha value is -2.34. The van der Waals surface area contributed by atoms with Crippen LogP contribution in [0.4, 0.5) is 5.69 Å². The second-order valence-corrected chi connectivity index (χ2v) is 6.75. The van der Waals surface area contributed by atoms with E-state index in [1.54, 1.807) is 55.5 Å². The van der Waals surface area contributed by atoms with Crippen LogP contribution in [-0.4, -0.2) is 21.0 Å². The predicted octanol–water partition coefficient (Wildman–Crippen LogP) is 2.73. The van der Waals surface area contributed by atoms with Crippen LogP contribution < -0.4 is 4.72 Å². The number of carbonyl (C=O) groups excluding carboxylic acids is 1. The highest BCUT2D eigenvalue weighted by Crippen LogP contribution is 2.14. The molecule has 0 unspecified atom stereocenters. The summed E-state index contributed by atoms with van der Waals surface area (Å²) in [6.45, 7) is 2.10. The van der Waals surface area contributed by atoms with Gasteiger partial charge in [-0.15, -0.1) is 0 Å². The second-order valence-electron chi connectivity index (χ2n) is 5.03. The van der Waals surface area contributed by atoms with E-state index < -0.39 is 10.0 Å². The van der Waals surface area contributed by atoms with Gasteiger partial charge in [0.15, 0.2) is 0 Å². The number of benzene rings is 2. The zero-order valence-corrected chi connectivity index (χ0v) is 13.7. The number of nitrogens with one attached hydrogen (secondary N) is 1. The Morgan fingerprint density at radius 2 is 1.65 bits per heavy atom. The molecule has 0 saturated heterocycles. The van der Waals surface area contributed by atoms with Crippen LogP contribution in [-0.2, 0) is 31.7 Å². The highest BCUT2D eigenvalue weighted by molar-refractivity contribution is 7.91. The molecular formula is C17H19NO4S. The maximum atomic E-state index is 12.1. The van der Waals surface area contributed by atoms with Crippen molar-refractivity contribution in [3.63, 3.8) is 0 Å². The molecule has 0 atom stereocenters. The molecule has 0 aromatic heterocycles. The number of carbonyl (C=O) groups is 1. The Kier molecular flexibility index (Phi) is 5.76. The molecule has 6 heteroatoms. The number of anilines is 1. The zero-order chi connectivity index (χ0) is 16.7. The van der Waals surface area contributed by atoms with Gasteiger partial charge >= 0.3 is 5.97 Å². The summed E-state index contributed by atoms with van der Waals surface area (Å²) in [5.41, 5.74) is 1.96. The number of rotatable bonds is 7. The molecule has 2 aromatic carbocycles. The largest absolute Gasteiger partial charge is 0.466 e. The van der Waals surface area contributed by atoms with Crippen LogP contribution in [0.15, 0.2) is 54.6 Å². The summed E-state index contributed by atoms with van der Waals surface area (Å²) in [4.78, 5) is 11.4. The van der Waals surface area contributed by atoms with Crippen molar-refractivity contribution in [2.75, 3.05) is 11.3 Å². The fraction of sp³-hybridized carbons (Fsp3) is 0.235. The first-order valence-electron chi connectivity index (χ1n) is 7.27. The van der Waals surface area contributed by atoms with E-state index in [0.29, 0.717) is 12.3 Å². The van der Waals surface area contributed by atoms with Crippen molar-refractivity contribution in [3.8, 4) is 0 Å². The van der Waals surface area contributed by atoms with Crippen LogP contribution in [0.25, 0.3) is 0 Å². The average Bonchev–Trinajstić information content (AvgIpc) is 2.50. The minimum Gasteiger partial charge on any atom is -0.466 e. The number of ether oxygens (including phenoxy) is 1. The summed E-state index contributed by atoms with van der Waals surface area (Å²) in [6.07, 6.45) is 0.172. The fourth-order valence-corrected chi connectivity index (χ4v) is 3.28. The maximum absolute atomic E-state index is 12.1. The van der Waals surface area contributed by atoms with Gasteiger partial charge in [0, 0.05) is 5.69 Å². The van der Waals surface area contributed by atoms with E-state index >= 15 is 0 Å². The first-order chi connectivity index (χ1) is 11.0. The molecule has 0 heterocycles. The summed E-state index contributed by atoms with van der Waals surface area (Å²) in [5, 5.41) is 0. The topological polar surface area (TPSA) is 72.5 Å². The van der Waals surface area contributed by atoms with E-state index in [4.69, 9.17) is 4.74 Å². The van der Waals surface area contributed by atoms with Gasteiger partial charge in [0.2, 0.25) is 10.0 Å². The van der Waals surface area contributed by atoms with Crippen LogP contribution in [0.5, 0.6) is 0 Å². The Morgan fingerprint density at radius 3 is 2.26 bits per heavy atom. The zero-order valence-electron chi connectivity index (χ0n) is 12.9. The van der Waals surface area contributed by atoms with Crippen molar-refractivity contribution in [1.29, 1.82) is 0 Å². The maximum Gasteiger partial charge on any atom is 0.310 e. The van der Waals surface area contributed by atoms with E-state index in [2.05, 4.69) is 4.72 Å². The molecule has 0 bridgehead atoms. The number of hydrogen-bond donors (Lipinski definition) is 1. The van der Waals surface area contributed by atoms with Gasteiger partial charge in [0.05, 0.1) is 18.8 Å².